The van der Waals surface area contributed by atoms with Gasteiger partial charge in [0.2, 0.25) is 5.89 Å². The summed E-state index contributed by atoms with van der Waals surface area (Å²) >= 11 is 0. The molecule has 2 heterocycles. The zero-order valence-electron chi connectivity index (χ0n) is 11.0. The second kappa shape index (κ2) is 4.53. The van der Waals surface area contributed by atoms with Crippen LogP contribution in [0.25, 0.3) is 0 Å². The topological polar surface area (TPSA) is 83.8 Å². The van der Waals surface area contributed by atoms with Crippen molar-refractivity contribution in [3.05, 3.63) is 39.6 Å². The molecule has 0 bridgehead atoms. The standard InChI is InChI=1S/C13H16N4O2/c1-7-8(2)19-12(15-7)6-14-10-5-11(18)17-13(16-10)9-3-4-9/h5,9H,3-4,6H2,1-2H3,(H2,14,16,17,18). The van der Waals surface area contributed by atoms with Crippen molar-refractivity contribution in [1.82, 2.24) is 15.0 Å². The van der Waals surface area contributed by atoms with E-state index in [1.807, 2.05) is 13.8 Å². The van der Waals surface area contributed by atoms with Gasteiger partial charge in [0.1, 0.15) is 17.4 Å². The van der Waals surface area contributed by atoms with E-state index in [9.17, 15) is 4.79 Å². The highest BCUT2D eigenvalue weighted by Gasteiger charge is 2.26. The Labute approximate surface area is 110 Å². The lowest BCUT2D eigenvalue weighted by molar-refractivity contribution is 0.478. The van der Waals surface area contributed by atoms with Gasteiger partial charge in [-0.2, -0.15) is 0 Å². The summed E-state index contributed by atoms with van der Waals surface area (Å²) in [6.07, 6.45) is 2.20. The van der Waals surface area contributed by atoms with E-state index in [4.69, 9.17) is 4.42 Å². The minimum absolute atomic E-state index is 0.126. The number of rotatable bonds is 4. The van der Waals surface area contributed by atoms with Crippen LogP contribution < -0.4 is 10.9 Å². The van der Waals surface area contributed by atoms with E-state index < -0.39 is 0 Å². The van der Waals surface area contributed by atoms with Crippen molar-refractivity contribution in [1.29, 1.82) is 0 Å². The van der Waals surface area contributed by atoms with Crippen LogP contribution in [0.5, 0.6) is 0 Å². The maximum absolute atomic E-state index is 11.5. The molecule has 1 aliphatic carbocycles. The van der Waals surface area contributed by atoms with Crippen LogP contribution in [-0.2, 0) is 6.54 Å². The molecule has 0 aromatic carbocycles. The number of aromatic amines is 1. The molecular weight excluding hydrogens is 244 g/mol. The molecule has 6 nitrogen and oxygen atoms in total. The van der Waals surface area contributed by atoms with E-state index in [1.54, 1.807) is 0 Å². The summed E-state index contributed by atoms with van der Waals surface area (Å²) in [5.41, 5.74) is 0.758. The van der Waals surface area contributed by atoms with Crippen molar-refractivity contribution in [2.24, 2.45) is 0 Å². The molecule has 2 N–H and O–H groups in total. The van der Waals surface area contributed by atoms with E-state index in [0.717, 1.165) is 30.1 Å². The number of H-pyrrole nitrogens is 1. The second-order valence-corrected chi connectivity index (χ2v) is 4.89. The average Bonchev–Trinajstić information content (AvgIpc) is 3.15. The Morgan fingerprint density at radius 3 is 2.84 bits per heavy atom. The fraction of sp³-hybridized carbons (Fsp3) is 0.462. The van der Waals surface area contributed by atoms with Crippen molar-refractivity contribution >= 4 is 5.82 Å². The number of hydrogen-bond acceptors (Lipinski definition) is 5. The Hall–Kier alpha value is -2.11. The van der Waals surface area contributed by atoms with Crippen LogP contribution in [0.4, 0.5) is 5.82 Å². The van der Waals surface area contributed by atoms with Gasteiger partial charge in [0.25, 0.3) is 5.56 Å². The first-order chi connectivity index (χ1) is 9.11. The molecule has 100 valence electrons. The normalized spacial score (nSPS) is 14.6. The summed E-state index contributed by atoms with van der Waals surface area (Å²) in [6, 6.07) is 1.45. The van der Waals surface area contributed by atoms with Crippen molar-refractivity contribution in [3.63, 3.8) is 0 Å². The molecule has 1 fully saturated rings. The zero-order valence-corrected chi connectivity index (χ0v) is 11.0. The Balaban J connectivity index is 1.74. The van der Waals surface area contributed by atoms with Crippen LogP contribution in [0.2, 0.25) is 0 Å². The molecule has 3 rings (SSSR count). The predicted molar refractivity (Wildman–Crippen MR) is 70.1 cm³/mol. The average molecular weight is 260 g/mol. The fourth-order valence-corrected chi connectivity index (χ4v) is 1.90. The van der Waals surface area contributed by atoms with Crippen LogP contribution in [0, 0.1) is 13.8 Å². The van der Waals surface area contributed by atoms with E-state index in [1.165, 1.54) is 6.07 Å². The molecule has 0 atom stereocenters. The Morgan fingerprint density at radius 1 is 1.42 bits per heavy atom. The van der Waals surface area contributed by atoms with Crippen LogP contribution in [0.15, 0.2) is 15.3 Å². The Kier molecular flexibility index (Phi) is 2.85. The first kappa shape index (κ1) is 12.0. The van der Waals surface area contributed by atoms with E-state index >= 15 is 0 Å². The van der Waals surface area contributed by atoms with Crippen molar-refractivity contribution < 1.29 is 4.42 Å². The van der Waals surface area contributed by atoms with Gasteiger partial charge in [0.15, 0.2) is 0 Å². The molecule has 0 radical (unpaired) electrons. The van der Waals surface area contributed by atoms with Gasteiger partial charge in [-0.05, 0) is 26.7 Å². The molecule has 0 spiro atoms. The lowest BCUT2D eigenvalue weighted by Crippen LogP contribution is -2.13. The number of nitrogens with zero attached hydrogens (tertiary/aromatic N) is 2. The first-order valence-corrected chi connectivity index (χ1v) is 6.40. The van der Waals surface area contributed by atoms with Gasteiger partial charge in [0, 0.05) is 12.0 Å². The highest BCUT2D eigenvalue weighted by Crippen LogP contribution is 2.37. The first-order valence-electron chi connectivity index (χ1n) is 6.40. The van der Waals surface area contributed by atoms with Gasteiger partial charge in [-0.1, -0.05) is 0 Å². The quantitative estimate of drug-likeness (QED) is 0.876. The van der Waals surface area contributed by atoms with E-state index in [0.29, 0.717) is 24.2 Å². The summed E-state index contributed by atoms with van der Waals surface area (Å²) in [6.45, 7) is 4.21. The maximum Gasteiger partial charge on any atom is 0.252 e. The molecule has 2 aromatic heterocycles. The molecule has 0 saturated heterocycles. The largest absolute Gasteiger partial charge is 0.444 e. The summed E-state index contributed by atoms with van der Waals surface area (Å²) < 4.78 is 5.47. The van der Waals surface area contributed by atoms with Crippen LogP contribution >= 0.6 is 0 Å². The summed E-state index contributed by atoms with van der Waals surface area (Å²) in [4.78, 5) is 23.0. The van der Waals surface area contributed by atoms with E-state index in [-0.39, 0.29) is 5.56 Å². The molecule has 0 unspecified atom stereocenters. The molecule has 6 heteroatoms. The summed E-state index contributed by atoms with van der Waals surface area (Å²) in [5.74, 6) is 3.17. The summed E-state index contributed by atoms with van der Waals surface area (Å²) in [7, 11) is 0. The third-order valence-electron chi connectivity index (χ3n) is 3.22. The number of nitrogens with one attached hydrogen (secondary N) is 2. The molecular formula is C13H16N4O2. The lowest BCUT2D eigenvalue weighted by Gasteiger charge is -2.04. The molecule has 2 aromatic rings. The van der Waals surface area contributed by atoms with Crippen LogP contribution in [0.1, 0.15) is 41.9 Å². The highest BCUT2D eigenvalue weighted by molar-refractivity contribution is 5.34. The number of aryl methyl sites for hydroxylation is 2. The van der Waals surface area contributed by atoms with Crippen molar-refractivity contribution in [2.45, 2.75) is 39.2 Å². The molecule has 0 amide bonds. The zero-order chi connectivity index (χ0) is 13.4. The van der Waals surface area contributed by atoms with E-state index in [2.05, 4.69) is 20.3 Å². The van der Waals surface area contributed by atoms with Gasteiger partial charge < -0.3 is 14.7 Å². The maximum atomic E-state index is 11.5. The monoisotopic (exact) mass is 260 g/mol. The Bertz CT molecular complexity index is 635. The predicted octanol–water partition coefficient (Wildman–Crippen LogP) is 1.86. The minimum Gasteiger partial charge on any atom is -0.444 e. The second-order valence-electron chi connectivity index (χ2n) is 4.89. The Morgan fingerprint density at radius 2 is 2.21 bits per heavy atom. The molecule has 0 aliphatic heterocycles. The highest BCUT2D eigenvalue weighted by atomic mass is 16.4. The third-order valence-corrected chi connectivity index (χ3v) is 3.22. The number of anilines is 1. The molecule has 1 aliphatic rings. The third kappa shape index (κ3) is 2.67. The number of oxazole rings is 1. The smallest absolute Gasteiger partial charge is 0.252 e. The SMILES string of the molecule is Cc1nc(CNc2cc(=O)[nH]c(C3CC3)n2)oc1C. The van der Waals surface area contributed by atoms with Crippen molar-refractivity contribution in [3.8, 4) is 0 Å². The van der Waals surface area contributed by atoms with Gasteiger partial charge in [-0.15, -0.1) is 0 Å². The van der Waals surface area contributed by atoms with Crippen molar-refractivity contribution in [2.75, 3.05) is 5.32 Å². The lowest BCUT2D eigenvalue weighted by atomic mass is 10.4. The molecule has 1 saturated carbocycles. The minimum atomic E-state index is -0.126. The van der Waals surface area contributed by atoms with Gasteiger partial charge in [0.05, 0.1) is 12.2 Å². The van der Waals surface area contributed by atoms with Crippen LogP contribution in [-0.4, -0.2) is 15.0 Å². The summed E-state index contributed by atoms with van der Waals surface area (Å²) in [5, 5.41) is 3.08. The van der Waals surface area contributed by atoms with Crippen LogP contribution in [0.3, 0.4) is 0 Å². The molecule has 19 heavy (non-hydrogen) atoms. The fourth-order valence-electron chi connectivity index (χ4n) is 1.90. The van der Waals surface area contributed by atoms with Gasteiger partial charge in [-0.25, -0.2) is 9.97 Å². The van der Waals surface area contributed by atoms with Gasteiger partial charge >= 0.3 is 0 Å². The number of aromatic nitrogens is 3. The van der Waals surface area contributed by atoms with Gasteiger partial charge in [-0.3, -0.25) is 4.79 Å². The number of hydrogen-bond donors (Lipinski definition) is 2.